The van der Waals surface area contributed by atoms with E-state index in [4.69, 9.17) is 53.9 Å². The Balaban J connectivity index is 0.000000404. The van der Waals surface area contributed by atoms with Gasteiger partial charge in [-0.2, -0.15) is 8.78 Å². The Bertz CT molecular complexity index is 5820. The lowest BCUT2D eigenvalue weighted by molar-refractivity contribution is -0.198. The Kier molecular flexibility index (Phi) is 49.8. The number of hydroxylamine groups is 4. The molecule has 7 aromatic carbocycles. The molecule has 0 saturated heterocycles. The molecule has 0 saturated carbocycles. The molecule has 1 aromatic heterocycles. The number of Topliss-reactive ketones (excluding diaryl/α,β-unsaturated/α-hetero) is 2. The van der Waals surface area contributed by atoms with Gasteiger partial charge >= 0.3 is 29.8 Å². The molecular weight excluding hydrogens is 1890 g/mol. The molecule has 5 heterocycles. The van der Waals surface area contributed by atoms with Crippen LogP contribution in [0.2, 0.25) is 15.3 Å². The summed E-state index contributed by atoms with van der Waals surface area (Å²) in [7, 11) is 0. The van der Waals surface area contributed by atoms with Gasteiger partial charge in [-0.05, 0) is 196 Å². The van der Waals surface area contributed by atoms with Gasteiger partial charge in [-0.15, -0.1) is 0 Å². The van der Waals surface area contributed by atoms with Gasteiger partial charge in [-0.3, -0.25) is 62.4 Å². The molecule has 0 N–H and O–H groups in total. The van der Waals surface area contributed by atoms with Gasteiger partial charge in [0.15, 0.2) is 29.0 Å². The van der Waals surface area contributed by atoms with Crippen molar-refractivity contribution in [1.29, 1.82) is 0 Å². The van der Waals surface area contributed by atoms with Crippen molar-refractivity contribution in [2.24, 2.45) is 51.4 Å². The number of aryl methyl sites for hydroxylation is 4. The first-order valence-electron chi connectivity index (χ1n) is 44.9. The van der Waals surface area contributed by atoms with Crippen LogP contribution < -0.4 is 18.9 Å². The monoisotopic (exact) mass is 2010 g/mol. The van der Waals surface area contributed by atoms with E-state index < -0.39 is 99.8 Å². The average molecular weight is 2010 g/mol. The molecule has 141 heavy (non-hydrogen) atoms. The molecule has 0 spiro atoms. The molecule has 0 fully saturated rings. The molecule has 7 amide bonds. The number of hydrogen-bond donors (Lipinski definition) is 0. The SMILES string of the molecule is C=C=Nc1ccc(C(C)C)cc1.CC(C)C(=O)ON1C(=O)c2ccccc2C1=O.CC(C)Oc1ccc(C2C(=O)C=NC2=O)cc1.CC1=C(C)C(=O)N(C(C)C)C1=O.CC1=CC(=O)N(OC(=O)C(C)C)C1=O.Cc1c(F)c(F)c(OC(=O)C(C)C)c(F)c1F.Cc1cc(Cl)c(OC(=O)C(C)C)c(Cl)c1.Cc1ccc(C(=O)C(C)C)cc1.Cc1ccc(OC(=O)C(C)C)cc1.Cc1nc(Cl)nc(CC(C)C)n1. The summed E-state index contributed by atoms with van der Waals surface area (Å²) < 4.78 is 72.7. The summed E-state index contributed by atoms with van der Waals surface area (Å²) in [6.45, 7) is 53.3. The minimum atomic E-state index is -1.71. The van der Waals surface area contributed by atoms with Gasteiger partial charge in [0.05, 0.1) is 68.8 Å². The average Bonchev–Trinajstić information content (AvgIpc) is 1.65. The third-order valence-electron chi connectivity index (χ3n) is 19.3. The number of esters is 3. The maximum absolute atomic E-state index is 13.3. The van der Waals surface area contributed by atoms with Crippen LogP contribution in [0.4, 0.5) is 23.2 Å². The zero-order chi connectivity index (χ0) is 107. The van der Waals surface area contributed by atoms with Crippen molar-refractivity contribution in [3.8, 4) is 23.0 Å². The van der Waals surface area contributed by atoms with Crippen LogP contribution >= 0.6 is 34.8 Å². The fourth-order valence-electron chi connectivity index (χ4n) is 11.2. The number of imide groups is 3. The van der Waals surface area contributed by atoms with Crippen molar-refractivity contribution in [3.05, 3.63) is 263 Å². The molecule has 1 unspecified atom stereocenters. The zero-order valence-corrected chi connectivity index (χ0v) is 86.8. The second-order valence-electron chi connectivity index (χ2n) is 35.2. The number of amides is 7. The standard InChI is InChI=1S/C13H13NO3.C12H11NO4.C11H12Cl2O2.C11H10F4O2.C11H13N.C11H14O2.C11H14O.C9H11NO4.C9H13NO2.C8H12ClN3/c1-8(2)17-10-5-3-9(4-6-10)12-11(15)7-14-13(12)16;1-7(2)12(16)17-13-10(14)8-5-3-4-6-9(8)11(13)15;1-6(2)11(14)15-10-8(12)4-7(3)5-9(10)13;1-4(2)11(16)17-10-8(14)6(12)5(3)7(13)9(10)15;1-4-12-11-7-5-10(6-8-11)9(2)3;1-8(2)11(12)13-10-6-4-9(3)5-7-10;1-8(2)11(12)10-6-4-9(3)5-7-10;1-5(2)9(13)14-10-7(11)4-6(3)8(10)12;1-5(2)10-8(11)6(3)7(4)9(10)12;1-5(2)4-7-10-6(3)11-8(9)12-7/h3-8,12H,1-2H3;3-7H,1-2H3;4-6H,1-3H3;4H,1-3H3;5-9H,1H2,2-3H3;4-8H,1-3H3;4-8H,1-3H3;4-5H,1-3H3;5H,1-4H3;5H,4H2,1-3H3. The topological polar surface area (TPSA) is 367 Å². The Morgan fingerprint density at radius 1 is 0.468 bits per heavy atom. The number of carbonyl (C=O) groups excluding carboxylic acids is 14. The van der Waals surface area contributed by atoms with E-state index in [0.717, 1.165) is 59.6 Å². The predicted molar refractivity (Wildman–Crippen MR) is 530 cm³/mol. The number of ketones is 2. The molecule has 0 aliphatic carbocycles. The fraction of sp³-hybridized carbons (Fsp3) is 0.377. The summed E-state index contributed by atoms with van der Waals surface area (Å²) in [5.41, 5.74) is 8.13. The van der Waals surface area contributed by atoms with Crippen LogP contribution in [0.5, 0.6) is 23.0 Å². The third kappa shape index (κ3) is 38.5. The van der Waals surface area contributed by atoms with Crippen LogP contribution in [0.15, 0.2) is 173 Å². The van der Waals surface area contributed by atoms with E-state index in [1.807, 2.05) is 132 Å². The fourth-order valence-corrected chi connectivity index (χ4v) is 12.1. The minimum absolute atomic E-state index is 0.0441. The number of rotatable bonds is 20. The van der Waals surface area contributed by atoms with E-state index in [1.165, 1.54) is 48.9 Å². The number of aromatic nitrogens is 3. The Morgan fingerprint density at radius 3 is 1.28 bits per heavy atom. The maximum atomic E-state index is 13.3. The van der Waals surface area contributed by atoms with E-state index in [9.17, 15) is 84.7 Å². The molecule has 4 aliphatic rings. The Labute approximate surface area is 835 Å². The number of nitrogens with zero attached hydrogens (tertiary/aromatic N) is 8. The number of carbonyl (C=O) groups is 14. The first-order valence-corrected chi connectivity index (χ1v) is 46.1. The van der Waals surface area contributed by atoms with Crippen LogP contribution in [0.3, 0.4) is 0 Å². The summed E-state index contributed by atoms with van der Waals surface area (Å²) in [6.07, 6.45) is 3.17. The number of fused-ring (bicyclic) bond motifs is 1. The number of hydrogen-bond acceptors (Lipinski definition) is 24. The lowest BCUT2D eigenvalue weighted by Crippen LogP contribution is -2.37. The van der Waals surface area contributed by atoms with Crippen LogP contribution in [-0.4, -0.2) is 137 Å². The number of aliphatic imine (C=N–C) groups is 2. The molecule has 0 bridgehead atoms. The van der Waals surface area contributed by atoms with Gasteiger partial charge in [-0.1, -0.05) is 228 Å². The lowest BCUT2D eigenvalue weighted by Gasteiger charge is -2.18. The minimum Gasteiger partial charge on any atom is -0.491 e. The van der Waals surface area contributed by atoms with Gasteiger partial charge in [0.25, 0.3) is 41.4 Å². The second-order valence-corrected chi connectivity index (χ2v) is 36.4. The number of ether oxygens (including phenoxy) is 4. The van der Waals surface area contributed by atoms with Gasteiger partial charge in [0.1, 0.15) is 29.1 Å². The maximum Gasteiger partial charge on any atom is 0.335 e. The highest BCUT2D eigenvalue weighted by Gasteiger charge is 2.40. The first-order chi connectivity index (χ1) is 65.7. The third-order valence-corrected chi connectivity index (χ3v) is 20.1. The summed E-state index contributed by atoms with van der Waals surface area (Å²) >= 11 is 17.5. The summed E-state index contributed by atoms with van der Waals surface area (Å²) in [5, 5.41) is 2.01. The lowest BCUT2D eigenvalue weighted by atomic mass is 9.96. The van der Waals surface area contributed by atoms with Crippen LogP contribution in [0.25, 0.3) is 0 Å². The molecule has 756 valence electrons. The van der Waals surface area contributed by atoms with E-state index >= 15 is 0 Å². The van der Waals surface area contributed by atoms with E-state index in [0.29, 0.717) is 60.3 Å². The smallest absolute Gasteiger partial charge is 0.335 e. The largest absolute Gasteiger partial charge is 0.491 e. The molecule has 8 aromatic rings. The summed E-state index contributed by atoms with van der Waals surface area (Å²) in [4.78, 5) is 189. The quantitative estimate of drug-likeness (QED) is 0.00999. The van der Waals surface area contributed by atoms with Gasteiger partial charge in [0.2, 0.25) is 22.7 Å². The second kappa shape index (κ2) is 57.8. The highest BCUT2D eigenvalue weighted by atomic mass is 35.5. The van der Waals surface area contributed by atoms with E-state index in [1.54, 1.807) is 116 Å². The van der Waals surface area contributed by atoms with Crippen molar-refractivity contribution in [2.45, 2.75) is 224 Å². The van der Waals surface area contributed by atoms with Crippen LogP contribution in [0.1, 0.15) is 247 Å². The molecule has 35 heteroatoms. The van der Waals surface area contributed by atoms with E-state index in [2.05, 4.69) is 86.8 Å². The molecule has 12 rings (SSSR count). The highest BCUT2D eigenvalue weighted by molar-refractivity contribution is 6.41. The number of halogens is 7. The number of benzene rings is 7. The molecule has 28 nitrogen and oxygen atoms in total. The molecule has 0 radical (unpaired) electrons. The van der Waals surface area contributed by atoms with Crippen molar-refractivity contribution in [2.75, 3.05) is 0 Å². The van der Waals surface area contributed by atoms with Gasteiger partial charge in [-0.25, -0.2) is 43.3 Å². The molecular formula is C106H123Cl3F4N8O20. The van der Waals surface area contributed by atoms with Crippen molar-refractivity contribution in [1.82, 2.24) is 30.0 Å². The van der Waals surface area contributed by atoms with Crippen LogP contribution in [0, 0.1) is 99.3 Å². The summed E-state index contributed by atoms with van der Waals surface area (Å²) in [5.74, 6) is -9.51. The summed E-state index contributed by atoms with van der Waals surface area (Å²) in [6, 6.07) is 40.0. The van der Waals surface area contributed by atoms with E-state index in [-0.39, 0.29) is 98.9 Å². The zero-order valence-electron chi connectivity index (χ0n) is 84.5. The first kappa shape index (κ1) is 121. The Morgan fingerprint density at radius 2 is 0.901 bits per heavy atom. The van der Waals surface area contributed by atoms with Crippen molar-refractivity contribution >= 4 is 135 Å². The normalized spacial score (nSPS) is 13.2. The Hall–Kier alpha value is -13.7. The van der Waals surface area contributed by atoms with Gasteiger partial charge in [0, 0.05) is 52.3 Å². The van der Waals surface area contributed by atoms with Crippen molar-refractivity contribution in [3.63, 3.8) is 0 Å². The van der Waals surface area contributed by atoms with Gasteiger partial charge < -0.3 is 28.6 Å². The highest BCUT2D eigenvalue weighted by Crippen LogP contribution is 2.36. The predicted octanol–water partition coefficient (Wildman–Crippen LogP) is 22.3. The molecule has 4 aliphatic heterocycles. The molecule has 1 atom stereocenters. The van der Waals surface area contributed by atoms with Crippen molar-refractivity contribution < 1.29 is 113 Å². The van der Waals surface area contributed by atoms with Crippen LogP contribution in [-0.2, 0) is 68.8 Å².